The molecule has 2 aromatic rings. The summed E-state index contributed by atoms with van der Waals surface area (Å²) in [4.78, 5) is 19.6. The van der Waals surface area contributed by atoms with Crippen LogP contribution in [0.3, 0.4) is 0 Å². The number of nitrogens with zero attached hydrogens (tertiary/aromatic N) is 2. The molecule has 0 bridgehead atoms. The van der Waals surface area contributed by atoms with E-state index in [9.17, 15) is 4.79 Å². The van der Waals surface area contributed by atoms with Crippen molar-refractivity contribution in [2.24, 2.45) is 10.7 Å². The predicted octanol–water partition coefficient (Wildman–Crippen LogP) is 2.39. The van der Waals surface area contributed by atoms with Crippen LogP contribution in [0.1, 0.15) is 32.4 Å². The van der Waals surface area contributed by atoms with Gasteiger partial charge in [-0.2, -0.15) is 4.99 Å². The van der Waals surface area contributed by atoms with E-state index in [4.69, 9.17) is 14.9 Å². The molecular weight excluding hydrogens is 354 g/mol. The number of rotatable bonds is 10. The highest BCUT2D eigenvalue weighted by Gasteiger charge is 2.09. The Hall–Kier alpha value is -2.39. The van der Waals surface area contributed by atoms with E-state index in [0.717, 1.165) is 19.4 Å². The summed E-state index contributed by atoms with van der Waals surface area (Å²) >= 11 is 1.38. The van der Waals surface area contributed by atoms with Gasteiger partial charge in [0.25, 0.3) is 0 Å². The van der Waals surface area contributed by atoms with Crippen LogP contribution in [-0.2, 0) is 16.1 Å². The first kappa shape index (κ1) is 19.9. The van der Waals surface area contributed by atoms with Gasteiger partial charge in [-0.05, 0) is 25.0 Å². The second-order valence-corrected chi connectivity index (χ2v) is 6.42. The summed E-state index contributed by atoms with van der Waals surface area (Å²) in [6, 6.07) is 3.63. The van der Waals surface area contributed by atoms with Gasteiger partial charge in [-0.25, -0.2) is 4.98 Å². The Kier molecular flexibility index (Phi) is 8.10. The number of aromatic nitrogens is 1. The molecular formula is C17H25N5O3S. The van der Waals surface area contributed by atoms with Gasteiger partial charge in [0.1, 0.15) is 11.5 Å². The zero-order valence-electron chi connectivity index (χ0n) is 15.1. The fraction of sp³-hybridized carbons (Fsp3) is 0.471. The van der Waals surface area contributed by atoms with Gasteiger partial charge in [-0.3, -0.25) is 4.79 Å². The number of nitrogens with one attached hydrogen (secondary N) is 2. The summed E-state index contributed by atoms with van der Waals surface area (Å²) in [7, 11) is 0. The van der Waals surface area contributed by atoms with Crippen molar-refractivity contribution in [2.45, 2.75) is 33.2 Å². The van der Waals surface area contributed by atoms with Crippen molar-refractivity contribution in [3.8, 4) is 11.5 Å². The van der Waals surface area contributed by atoms with Crippen LogP contribution in [0, 0.1) is 0 Å². The molecule has 0 atom stereocenters. The number of nitrogens with two attached hydrogens (primary N) is 1. The average Bonchev–Trinajstić information content (AvgIpc) is 3.25. The third kappa shape index (κ3) is 6.85. The SMILES string of the molecule is CCCOCCCN/C(N)=N/c1nc(-c2ccc(CNC(C)=O)o2)cs1. The first-order chi connectivity index (χ1) is 12.6. The van der Waals surface area contributed by atoms with E-state index >= 15 is 0 Å². The van der Waals surface area contributed by atoms with E-state index in [1.165, 1.54) is 18.3 Å². The lowest BCUT2D eigenvalue weighted by Crippen LogP contribution is -2.32. The van der Waals surface area contributed by atoms with Gasteiger partial charge in [0, 0.05) is 32.1 Å². The molecule has 0 aliphatic carbocycles. The molecule has 8 nitrogen and oxygen atoms in total. The Morgan fingerprint density at radius 1 is 1.38 bits per heavy atom. The van der Waals surface area contributed by atoms with Crippen molar-refractivity contribution in [1.29, 1.82) is 0 Å². The molecule has 142 valence electrons. The molecule has 0 saturated heterocycles. The smallest absolute Gasteiger partial charge is 0.217 e. The number of aliphatic imine (C=N–C) groups is 1. The lowest BCUT2D eigenvalue weighted by Gasteiger charge is -2.05. The molecule has 0 unspecified atom stereocenters. The minimum absolute atomic E-state index is 0.104. The Morgan fingerprint density at radius 3 is 3.00 bits per heavy atom. The predicted molar refractivity (Wildman–Crippen MR) is 102 cm³/mol. The number of hydrogen-bond donors (Lipinski definition) is 3. The minimum atomic E-state index is -0.104. The van der Waals surface area contributed by atoms with Crippen molar-refractivity contribution in [3.63, 3.8) is 0 Å². The molecule has 0 saturated carbocycles. The number of thiazole rings is 1. The maximum absolute atomic E-state index is 10.9. The first-order valence-electron chi connectivity index (χ1n) is 8.53. The second kappa shape index (κ2) is 10.6. The standard InChI is InChI=1S/C17H25N5O3S/c1-3-8-24-9-4-7-19-16(18)22-17-21-14(11-26-17)15-6-5-13(25-15)10-20-12(2)23/h5-6,11H,3-4,7-10H2,1-2H3,(H,20,23)(H3,18,19,21,22). The maximum Gasteiger partial charge on any atom is 0.217 e. The molecule has 0 aliphatic rings. The quantitative estimate of drug-likeness (QED) is 0.332. The van der Waals surface area contributed by atoms with Crippen LogP contribution in [-0.4, -0.2) is 36.6 Å². The van der Waals surface area contributed by atoms with Crippen LogP contribution in [0.15, 0.2) is 26.9 Å². The van der Waals surface area contributed by atoms with E-state index < -0.39 is 0 Å². The molecule has 0 aromatic carbocycles. The van der Waals surface area contributed by atoms with Gasteiger partial charge < -0.3 is 25.5 Å². The summed E-state index contributed by atoms with van der Waals surface area (Å²) in [6.07, 6.45) is 1.89. The second-order valence-electron chi connectivity index (χ2n) is 5.58. The molecule has 9 heteroatoms. The maximum atomic E-state index is 10.9. The van der Waals surface area contributed by atoms with E-state index in [2.05, 4.69) is 27.5 Å². The van der Waals surface area contributed by atoms with E-state index in [1.54, 1.807) is 0 Å². The normalized spacial score (nSPS) is 11.5. The van der Waals surface area contributed by atoms with Crippen LogP contribution in [0.25, 0.3) is 11.5 Å². The number of ether oxygens (including phenoxy) is 1. The van der Waals surface area contributed by atoms with Gasteiger partial charge >= 0.3 is 0 Å². The van der Waals surface area contributed by atoms with Gasteiger partial charge in [0.15, 0.2) is 11.7 Å². The molecule has 0 radical (unpaired) electrons. The summed E-state index contributed by atoms with van der Waals surface area (Å²) in [5, 5.41) is 8.13. The van der Waals surface area contributed by atoms with Crippen molar-refractivity contribution >= 4 is 28.3 Å². The van der Waals surface area contributed by atoms with Gasteiger partial charge in [-0.15, -0.1) is 11.3 Å². The van der Waals surface area contributed by atoms with E-state index in [1.807, 2.05) is 17.5 Å². The van der Waals surface area contributed by atoms with Crippen LogP contribution >= 0.6 is 11.3 Å². The van der Waals surface area contributed by atoms with Crippen molar-refractivity contribution in [1.82, 2.24) is 15.6 Å². The van der Waals surface area contributed by atoms with Crippen LogP contribution < -0.4 is 16.4 Å². The molecule has 2 heterocycles. The van der Waals surface area contributed by atoms with Gasteiger partial charge in [0.2, 0.25) is 11.0 Å². The number of guanidine groups is 1. The summed E-state index contributed by atoms with van der Waals surface area (Å²) < 4.78 is 11.1. The lowest BCUT2D eigenvalue weighted by molar-refractivity contribution is -0.119. The number of carbonyl (C=O) groups excluding carboxylic acids is 1. The summed E-state index contributed by atoms with van der Waals surface area (Å²) in [5.41, 5.74) is 6.55. The van der Waals surface area contributed by atoms with Gasteiger partial charge in [-0.1, -0.05) is 6.92 Å². The van der Waals surface area contributed by atoms with Crippen molar-refractivity contribution < 1.29 is 13.9 Å². The Bertz CT molecular complexity index is 726. The molecule has 2 aromatic heterocycles. The highest BCUT2D eigenvalue weighted by Crippen LogP contribution is 2.28. The topological polar surface area (TPSA) is 115 Å². The van der Waals surface area contributed by atoms with Crippen molar-refractivity contribution in [3.05, 3.63) is 23.3 Å². The third-order valence-corrected chi connectivity index (χ3v) is 3.99. The molecule has 1 amide bonds. The van der Waals surface area contributed by atoms with Crippen LogP contribution in [0.5, 0.6) is 0 Å². The summed E-state index contributed by atoms with van der Waals surface area (Å²) in [6.45, 7) is 6.08. The zero-order valence-corrected chi connectivity index (χ0v) is 15.9. The lowest BCUT2D eigenvalue weighted by atomic mass is 10.3. The first-order valence-corrected chi connectivity index (χ1v) is 9.41. The van der Waals surface area contributed by atoms with Gasteiger partial charge in [0.05, 0.1) is 6.54 Å². The molecule has 26 heavy (non-hydrogen) atoms. The number of hydrogen-bond acceptors (Lipinski definition) is 6. The number of amides is 1. The summed E-state index contributed by atoms with van der Waals surface area (Å²) in [5.74, 6) is 1.52. The number of furan rings is 1. The highest BCUT2D eigenvalue weighted by atomic mass is 32.1. The fourth-order valence-corrected chi connectivity index (χ4v) is 2.72. The number of carbonyl (C=O) groups is 1. The molecule has 2 rings (SSSR count). The largest absolute Gasteiger partial charge is 0.458 e. The molecule has 0 fully saturated rings. The molecule has 0 spiro atoms. The highest BCUT2D eigenvalue weighted by molar-refractivity contribution is 7.13. The van der Waals surface area contributed by atoms with Crippen LogP contribution in [0.2, 0.25) is 0 Å². The third-order valence-electron chi connectivity index (χ3n) is 3.25. The van der Waals surface area contributed by atoms with E-state index in [-0.39, 0.29) is 5.91 Å². The monoisotopic (exact) mass is 379 g/mol. The Labute approximate surface area is 156 Å². The van der Waals surface area contributed by atoms with E-state index in [0.29, 0.717) is 48.0 Å². The van der Waals surface area contributed by atoms with Crippen molar-refractivity contribution in [2.75, 3.05) is 19.8 Å². The Morgan fingerprint density at radius 2 is 2.23 bits per heavy atom. The zero-order chi connectivity index (χ0) is 18.8. The average molecular weight is 379 g/mol. The fourth-order valence-electron chi connectivity index (χ4n) is 2.03. The van der Waals surface area contributed by atoms with Crippen LogP contribution in [0.4, 0.5) is 5.13 Å². The molecule has 0 aliphatic heterocycles. The minimum Gasteiger partial charge on any atom is -0.458 e. The molecule has 4 N–H and O–H groups in total. The Balaban J connectivity index is 1.83.